The van der Waals surface area contributed by atoms with Crippen LogP contribution in [0.25, 0.3) is 0 Å². The summed E-state index contributed by atoms with van der Waals surface area (Å²) in [5.74, 6) is 0.507. The zero-order valence-electron chi connectivity index (χ0n) is 16.7. The van der Waals surface area contributed by atoms with Crippen molar-refractivity contribution in [1.29, 1.82) is 0 Å². The van der Waals surface area contributed by atoms with Crippen molar-refractivity contribution in [3.8, 4) is 5.75 Å². The van der Waals surface area contributed by atoms with E-state index in [1.165, 1.54) is 11.8 Å². The van der Waals surface area contributed by atoms with Gasteiger partial charge in [-0.3, -0.25) is 4.79 Å². The van der Waals surface area contributed by atoms with Crippen LogP contribution >= 0.6 is 11.8 Å². The minimum atomic E-state index is -1.11. The monoisotopic (exact) mass is 400 g/mol. The van der Waals surface area contributed by atoms with Gasteiger partial charge in [0.2, 0.25) is 0 Å². The number of aliphatic hydroxyl groups is 1. The number of thioether (sulfide) groups is 1. The SMILES string of the molecule is CCCN(C)CCN1C(=O)[C@H](O)[C@H](c2ccc(OC)cc2)Sc2ccccc21. The largest absolute Gasteiger partial charge is 0.497 e. The summed E-state index contributed by atoms with van der Waals surface area (Å²) in [5, 5.41) is 10.6. The average Bonchev–Trinajstić information content (AvgIpc) is 2.82. The Morgan fingerprint density at radius 2 is 1.86 bits per heavy atom. The maximum Gasteiger partial charge on any atom is 0.257 e. The third kappa shape index (κ3) is 4.51. The second-order valence-electron chi connectivity index (χ2n) is 7.02. The van der Waals surface area contributed by atoms with Gasteiger partial charge in [-0.05, 0) is 49.8 Å². The molecule has 0 aromatic heterocycles. The van der Waals surface area contributed by atoms with Crippen molar-refractivity contribution >= 4 is 23.4 Å². The summed E-state index contributed by atoms with van der Waals surface area (Å²) in [6, 6.07) is 15.5. The highest BCUT2D eigenvalue weighted by atomic mass is 32.2. The van der Waals surface area contributed by atoms with Crippen LogP contribution in [0.3, 0.4) is 0 Å². The lowest BCUT2D eigenvalue weighted by Crippen LogP contribution is -2.43. The van der Waals surface area contributed by atoms with E-state index in [0.717, 1.165) is 41.4 Å². The topological polar surface area (TPSA) is 53.0 Å². The molecule has 5 nitrogen and oxygen atoms in total. The number of hydrogen-bond acceptors (Lipinski definition) is 5. The molecule has 1 amide bonds. The first kappa shape index (κ1) is 20.7. The van der Waals surface area contributed by atoms with E-state index >= 15 is 0 Å². The molecule has 2 aromatic rings. The molecule has 150 valence electrons. The maximum absolute atomic E-state index is 13.2. The average molecular weight is 401 g/mol. The number of methoxy groups -OCH3 is 1. The van der Waals surface area contributed by atoms with Gasteiger partial charge in [-0.2, -0.15) is 0 Å². The second kappa shape index (κ2) is 9.45. The number of nitrogens with zero attached hydrogens (tertiary/aromatic N) is 2. The van der Waals surface area contributed by atoms with Crippen LogP contribution in [0.5, 0.6) is 5.75 Å². The smallest absolute Gasteiger partial charge is 0.257 e. The number of likely N-dealkylation sites (N-methyl/N-ethyl adjacent to an activating group) is 1. The van der Waals surface area contributed by atoms with Crippen molar-refractivity contribution in [2.24, 2.45) is 0 Å². The van der Waals surface area contributed by atoms with Gasteiger partial charge < -0.3 is 19.6 Å². The van der Waals surface area contributed by atoms with E-state index in [1.54, 1.807) is 12.0 Å². The summed E-state index contributed by atoms with van der Waals surface area (Å²) in [4.78, 5) is 18.2. The van der Waals surface area contributed by atoms with E-state index < -0.39 is 6.10 Å². The van der Waals surface area contributed by atoms with Crippen molar-refractivity contribution in [2.75, 3.05) is 38.7 Å². The molecule has 0 fully saturated rings. The Labute approximate surface area is 171 Å². The van der Waals surface area contributed by atoms with Gasteiger partial charge >= 0.3 is 0 Å². The fourth-order valence-corrected chi connectivity index (χ4v) is 4.70. The molecule has 0 aliphatic carbocycles. The third-order valence-corrected chi connectivity index (χ3v) is 6.35. The van der Waals surface area contributed by atoms with E-state index in [1.807, 2.05) is 48.5 Å². The molecule has 0 radical (unpaired) electrons. The number of amides is 1. The molecule has 0 spiro atoms. The van der Waals surface area contributed by atoms with Crippen LogP contribution in [0.1, 0.15) is 24.2 Å². The molecule has 0 saturated heterocycles. The summed E-state index contributed by atoms with van der Waals surface area (Å²) in [6.07, 6.45) is -0.0405. The number of benzene rings is 2. The molecule has 3 rings (SSSR count). The first-order chi connectivity index (χ1) is 13.5. The molecule has 0 unspecified atom stereocenters. The molecule has 1 heterocycles. The van der Waals surface area contributed by atoms with E-state index in [-0.39, 0.29) is 11.2 Å². The summed E-state index contributed by atoms with van der Waals surface area (Å²) in [7, 11) is 3.68. The van der Waals surface area contributed by atoms with Gasteiger partial charge in [-0.25, -0.2) is 0 Å². The lowest BCUT2D eigenvalue weighted by atomic mass is 10.1. The van der Waals surface area contributed by atoms with Crippen molar-refractivity contribution < 1.29 is 14.6 Å². The highest BCUT2D eigenvalue weighted by Crippen LogP contribution is 2.45. The van der Waals surface area contributed by atoms with Crippen molar-refractivity contribution in [3.63, 3.8) is 0 Å². The van der Waals surface area contributed by atoms with Gasteiger partial charge in [0.15, 0.2) is 0 Å². The number of rotatable bonds is 7. The van der Waals surface area contributed by atoms with E-state index in [9.17, 15) is 9.90 Å². The van der Waals surface area contributed by atoms with Crippen LogP contribution in [0.4, 0.5) is 5.69 Å². The molecule has 2 aromatic carbocycles. The predicted molar refractivity (Wildman–Crippen MR) is 114 cm³/mol. The Hall–Kier alpha value is -2.02. The van der Waals surface area contributed by atoms with Crippen LogP contribution < -0.4 is 9.64 Å². The highest BCUT2D eigenvalue weighted by molar-refractivity contribution is 7.99. The van der Waals surface area contributed by atoms with Crippen molar-refractivity contribution in [1.82, 2.24) is 4.90 Å². The number of aliphatic hydroxyl groups excluding tert-OH is 1. The Morgan fingerprint density at radius 3 is 2.54 bits per heavy atom. The fraction of sp³-hybridized carbons (Fsp3) is 0.409. The third-order valence-electron chi connectivity index (χ3n) is 4.97. The molecule has 1 aliphatic heterocycles. The lowest BCUT2D eigenvalue weighted by Gasteiger charge is -2.27. The minimum absolute atomic E-state index is 0.247. The summed E-state index contributed by atoms with van der Waals surface area (Å²) >= 11 is 1.54. The zero-order valence-corrected chi connectivity index (χ0v) is 17.5. The first-order valence-corrected chi connectivity index (χ1v) is 10.5. The number of carbonyl (C=O) groups is 1. The Kier molecular flexibility index (Phi) is 6.99. The number of para-hydroxylation sites is 1. The number of hydrogen-bond donors (Lipinski definition) is 1. The van der Waals surface area contributed by atoms with Gasteiger partial charge in [0, 0.05) is 18.0 Å². The highest BCUT2D eigenvalue weighted by Gasteiger charge is 2.37. The minimum Gasteiger partial charge on any atom is -0.497 e. The number of ether oxygens (including phenoxy) is 1. The number of fused-ring (bicyclic) bond motifs is 1. The maximum atomic E-state index is 13.2. The van der Waals surface area contributed by atoms with Crippen LogP contribution in [0.2, 0.25) is 0 Å². The van der Waals surface area contributed by atoms with Crippen LogP contribution in [-0.2, 0) is 4.79 Å². The fourth-order valence-electron chi connectivity index (χ4n) is 3.43. The molecule has 6 heteroatoms. The molecule has 0 saturated carbocycles. The summed E-state index contributed by atoms with van der Waals surface area (Å²) in [6.45, 7) is 4.44. The normalized spacial score (nSPS) is 19.5. The Balaban J connectivity index is 1.90. The summed E-state index contributed by atoms with van der Waals surface area (Å²) < 4.78 is 5.23. The molecule has 0 bridgehead atoms. The van der Waals surface area contributed by atoms with Gasteiger partial charge in [-0.15, -0.1) is 11.8 Å². The van der Waals surface area contributed by atoms with E-state index in [0.29, 0.717) is 6.54 Å². The van der Waals surface area contributed by atoms with Gasteiger partial charge in [0.25, 0.3) is 5.91 Å². The molecule has 2 atom stereocenters. The van der Waals surface area contributed by atoms with Crippen molar-refractivity contribution in [2.45, 2.75) is 29.6 Å². The van der Waals surface area contributed by atoms with E-state index in [4.69, 9.17) is 4.74 Å². The molecular weight excluding hydrogens is 372 g/mol. The predicted octanol–water partition coefficient (Wildman–Crippen LogP) is 3.58. The molecule has 1 aliphatic rings. The molecule has 28 heavy (non-hydrogen) atoms. The molecular formula is C22H28N2O3S. The van der Waals surface area contributed by atoms with Gasteiger partial charge in [-0.1, -0.05) is 31.2 Å². The zero-order chi connectivity index (χ0) is 20.1. The van der Waals surface area contributed by atoms with Crippen LogP contribution in [-0.4, -0.2) is 55.8 Å². The summed E-state index contributed by atoms with van der Waals surface area (Å²) in [5.41, 5.74) is 1.78. The standard InChI is InChI=1S/C22H28N2O3S/c1-4-13-23(2)14-15-24-18-7-5-6-8-19(18)28-21(20(25)22(24)26)16-9-11-17(27-3)12-10-16/h5-12,20-21,25H,4,13-15H2,1-3H3/t20-,21+/m1/s1. The quantitative estimate of drug-likeness (QED) is 0.770. The Morgan fingerprint density at radius 1 is 1.14 bits per heavy atom. The molecule has 1 N–H and O–H groups in total. The second-order valence-corrected chi connectivity index (χ2v) is 8.20. The van der Waals surface area contributed by atoms with Crippen LogP contribution in [0, 0.1) is 0 Å². The Bertz CT molecular complexity index is 797. The number of carbonyl (C=O) groups excluding carboxylic acids is 1. The number of anilines is 1. The van der Waals surface area contributed by atoms with Crippen molar-refractivity contribution in [3.05, 3.63) is 54.1 Å². The lowest BCUT2D eigenvalue weighted by molar-refractivity contribution is -0.126. The van der Waals surface area contributed by atoms with Gasteiger partial charge in [0.1, 0.15) is 11.9 Å². The van der Waals surface area contributed by atoms with E-state index in [2.05, 4.69) is 18.9 Å². The van der Waals surface area contributed by atoms with Gasteiger partial charge in [0.05, 0.1) is 18.0 Å². The first-order valence-electron chi connectivity index (χ1n) is 9.62. The van der Waals surface area contributed by atoms with Crippen LogP contribution in [0.15, 0.2) is 53.4 Å².